The lowest BCUT2D eigenvalue weighted by atomic mass is 10.1. The van der Waals surface area contributed by atoms with Gasteiger partial charge in [-0.3, -0.25) is 4.79 Å². The van der Waals surface area contributed by atoms with Crippen LogP contribution in [0.5, 0.6) is 5.75 Å². The summed E-state index contributed by atoms with van der Waals surface area (Å²) < 4.78 is 5.72. The fraction of sp³-hybridized carbons (Fsp3) is 0.188. The van der Waals surface area contributed by atoms with Gasteiger partial charge >= 0.3 is 5.97 Å². The summed E-state index contributed by atoms with van der Waals surface area (Å²) in [6, 6.07) is 15.6. The summed E-state index contributed by atoms with van der Waals surface area (Å²) >= 11 is 0. The first-order valence-electron chi connectivity index (χ1n) is 6.49. The maximum absolute atomic E-state index is 10.7. The third kappa shape index (κ3) is 2.59. The van der Waals surface area contributed by atoms with Crippen LogP contribution in [0.4, 0.5) is 5.69 Å². The number of carbonyl (C=O) groups is 1. The van der Waals surface area contributed by atoms with Crippen LogP contribution in [0.1, 0.15) is 11.1 Å². The number of nitrogens with zero attached hydrogens (tertiary/aromatic N) is 1. The first-order valence-corrected chi connectivity index (χ1v) is 6.49. The number of hydrogen-bond acceptors (Lipinski definition) is 3. The largest absolute Gasteiger partial charge is 0.481 e. The van der Waals surface area contributed by atoms with Crippen molar-refractivity contribution in [1.29, 1.82) is 0 Å². The van der Waals surface area contributed by atoms with Crippen molar-refractivity contribution in [3.8, 4) is 5.75 Å². The van der Waals surface area contributed by atoms with Crippen LogP contribution in [0.3, 0.4) is 0 Å². The molecule has 0 aromatic heterocycles. The van der Waals surface area contributed by atoms with Crippen LogP contribution in [0.2, 0.25) is 0 Å². The van der Waals surface area contributed by atoms with E-state index in [1.165, 1.54) is 0 Å². The Hall–Kier alpha value is -2.49. The summed E-state index contributed by atoms with van der Waals surface area (Å²) in [5.74, 6) is 0.124. The number of carboxylic acids is 1. The van der Waals surface area contributed by atoms with Crippen LogP contribution in [0, 0.1) is 0 Å². The highest BCUT2D eigenvalue weighted by Crippen LogP contribution is 2.27. The molecule has 1 aliphatic heterocycles. The van der Waals surface area contributed by atoms with Gasteiger partial charge in [-0.25, -0.2) is 0 Å². The third-order valence-electron chi connectivity index (χ3n) is 3.37. The van der Waals surface area contributed by atoms with Crippen molar-refractivity contribution in [1.82, 2.24) is 0 Å². The summed E-state index contributed by atoms with van der Waals surface area (Å²) in [6.45, 7) is 1.31. The number of anilines is 1. The summed E-state index contributed by atoms with van der Waals surface area (Å²) in [5.41, 5.74) is 3.00. The number of rotatable bonds is 3. The monoisotopic (exact) mass is 269 g/mol. The van der Waals surface area contributed by atoms with Crippen molar-refractivity contribution >= 4 is 11.7 Å². The molecular weight excluding hydrogens is 254 g/mol. The van der Waals surface area contributed by atoms with E-state index in [-0.39, 0.29) is 6.42 Å². The summed E-state index contributed by atoms with van der Waals surface area (Å²) in [4.78, 5) is 12.8. The van der Waals surface area contributed by atoms with Crippen LogP contribution < -0.4 is 9.64 Å². The van der Waals surface area contributed by atoms with E-state index in [1.54, 1.807) is 0 Å². The normalized spacial score (nSPS) is 13.5. The predicted octanol–water partition coefficient (Wildman–Crippen LogP) is 2.67. The lowest BCUT2D eigenvalue weighted by Crippen LogP contribution is -2.31. The minimum absolute atomic E-state index is 0.0552. The molecule has 4 nitrogen and oxygen atoms in total. The van der Waals surface area contributed by atoms with E-state index >= 15 is 0 Å². The van der Waals surface area contributed by atoms with E-state index in [1.807, 2.05) is 42.5 Å². The zero-order chi connectivity index (χ0) is 13.9. The number of carboxylic acid groups (broad SMARTS) is 1. The lowest BCUT2D eigenvalue weighted by Gasteiger charge is -2.30. The van der Waals surface area contributed by atoms with Crippen molar-refractivity contribution in [3.63, 3.8) is 0 Å². The first-order chi connectivity index (χ1) is 9.72. The Morgan fingerprint density at radius 2 is 1.90 bits per heavy atom. The smallest absolute Gasteiger partial charge is 0.307 e. The van der Waals surface area contributed by atoms with E-state index in [4.69, 9.17) is 9.84 Å². The Labute approximate surface area is 117 Å². The number of hydrogen-bond donors (Lipinski definition) is 1. The molecule has 0 saturated carbocycles. The van der Waals surface area contributed by atoms with Crippen LogP contribution >= 0.6 is 0 Å². The molecule has 1 aliphatic rings. The topological polar surface area (TPSA) is 49.8 Å². The SMILES string of the molecule is O=C(O)Cc1ccc(N2COc3ccccc3C2)cc1. The molecule has 0 unspecified atom stereocenters. The molecule has 3 rings (SSSR count). The molecule has 0 amide bonds. The molecule has 0 spiro atoms. The van der Waals surface area contributed by atoms with Gasteiger partial charge < -0.3 is 14.7 Å². The van der Waals surface area contributed by atoms with Crippen LogP contribution in [-0.2, 0) is 17.8 Å². The maximum Gasteiger partial charge on any atom is 0.307 e. The van der Waals surface area contributed by atoms with Crippen molar-refractivity contribution in [2.75, 3.05) is 11.6 Å². The molecule has 4 heteroatoms. The molecular formula is C16H15NO3. The van der Waals surface area contributed by atoms with E-state index in [2.05, 4.69) is 11.0 Å². The van der Waals surface area contributed by atoms with Gasteiger partial charge in [0.2, 0.25) is 0 Å². The fourth-order valence-electron chi connectivity index (χ4n) is 2.34. The van der Waals surface area contributed by atoms with Gasteiger partial charge in [0.1, 0.15) is 5.75 Å². The fourth-order valence-corrected chi connectivity index (χ4v) is 2.34. The Morgan fingerprint density at radius 1 is 1.15 bits per heavy atom. The van der Waals surface area contributed by atoms with Crippen molar-refractivity contribution in [3.05, 3.63) is 59.7 Å². The molecule has 20 heavy (non-hydrogen) atoms. The lowest BCUT2D eigenvalue weighted by molar-refractivity contribution is -0.136. The van der Waals surface area contributed by atoms with Gasteiger partial charge in [-0.2, -0.15) is 0 Å². The van der Waals surface area contributed by atoms with Crippen molar-refractivity contribution < 1.29 is 14.6 Å². The second-order valence-electron chi connectivity index (χ2n) is 4.82. The van der Waals surface area contributed by atoms with Gasteiger partial charge in [0, 0.05) is 17.8 Å². The number of fused-ring (bicyclic) bond motifs is 1. The van der Waals surface area contributed by atoms with Crippen LogP contribution in [-0.4, -0.2) is 17.8 Å². The average Bonchev–Trinajstić information content (AvgIpc) is 2.47. The van der Waals surface area contributed by atoms with Gasteiger partial charge in [-0.05, 0) is 23.8 Å². The second-order valence-corrected chi connectivity index (χ2v) is 4.82. The third-order valence-corrected chi connectivity index (χ3v) is 3.37. The molecule has 0 fully saturated rings. The van der Waals surface area contributed by atoms with Gasteiger partial charge in [-0.1, -0.05) is 30.3 Å². The number of ether oxygens (including phenoxy) is 1. The molecule has 102 valence electrons. The Balaban J connectivity index is 1.76. The van der Waals surface area contributed by atoms with E-state index < -0.39 is 5.97 Å². The molecule has 0 saturated heterocycles. The minimum Gasteiger partial charge on any atom is -0.481 e. The highest BCUT2D eigenvalue weighted by Gasteiger charge is 2.16. The minimum atomic E-state index is -0.812. The molecule has 0 bridgehead atoms. The number of benzene rings is 2. The van der Waals surface area contributed by atoms with E-state index in [9.17, 15) is 4.79 Å². The van der Waals surface area contributed by atoms with Crippen LogP contribution in [0.25, 0.3) is 0 Å². The average molecular weight is 269 g/mol. The quantitative estimate of drug-likeness (QED) is 0.930. The summed E-state index contributed by atoms with van der Waals surface area (Å²) in [7, 11) is 0. The van der Waals surface area contributed by atoms with Gasteiger partial charge in [-0.15, -0.1) is 0 Å². The van der Waals surface area contributed by atoms with Crippen molar-refractivity contribution in [2.24, 2.45) is 0 Å². The molecule has 2 aromatic carbocycles. The molecule has 0 radical (unpaired) electrons. The Morgan fingerprint density at radius 3 is 2.65 bits per heavy atom. The highest BCUT2D eigenvalue weighted by molar-refractivity contribution is 5.70. The number of aliphatic carboxylic acids is 1. The maximum atomic E-state index is 10.7. The standard InChI is InChI=1S/C16H15NO3/c18-16(19)9-12-5-7-14(8-6-12)17-10-13-3-1-2-4-15(13)20-11-17/h1-8H,9-11H2,(H,18,19). The molecule has 2 aromatic rings. The number of para-hydroxylation sites is 1. The zero-order valence-corrected chi connectivity index (χ0v) is 11.0. The molecule has 0 atom stereocenters. The zero-order valence-electron chi connectivity index (χ0n) is 11.0. The predicted molar refractivity (Wildman–Crippen MR) is 75.9 cm³/mol. The molecule has 0 aliphatic carbocycles. The first kappa shape index (κ1) is 12.5. The Kier molecular flexibility index (Phi) is 3.29. The van der Waals surface area contributed by atoms with Gasteiger partial charge in [0.05, 0.1) is 6.42 Å². The molecule has 1 heterocycles. The highest BCUT2D eigenvalue weighted by atomic mass is 16.5. The van der Waals surface area contributed by atoms with E-state index in [0.717, 1.165) is 29.1 Å². The summed E-state index contributed by atoms with van der Waals surface area (Å²) in [5, 5.41) is 8.76. The van der Waals surface area contributed by atoms with Crippen LogP contribution in [0.15, 0.2) is 48.5 Å². The molecule has 1 N–H and O–H groups in total. The summed E-state index contributed by atoms with van der Waals surface area (Å²) in [6.07, 6.45) is 0.0552. The second kappa shape index (κ2) is 5.25. The van der Waals surface area contributed by atoms with Gasteiger partial charge in [0.25, 0.3) is 0 Å². The Bertz CT molecular complexity index is 622. The van der Waals surface area contributed by atoms with Crippen molar-refractivity contribution in [2.45, 2.75) is 13.0 Å². The van der Waals surface area contributed by atoms with E-state index in [0.29, 0.717) is 6.73 Å². The van der Waals surface area contributed by atoms with Gasteiger partial charge in [0.15, 0.2) is 6.73 Å².